The van der Waals surface area contributed by atoms with Crippen LogP contribution < -0.4 is 19.7 Å². The fourth-order valence-corrected chi connectivity index (χ4v) is 3.90. The smallest absolute Gasteiger partial charge is 0.265 e. The van der Waals surface area contributed by atoms with Gasteiger partial charge in [-0.15, -0.1) is 0 Å². The summed E-state index contributed by atoms with van der Waals surface area (Å²) in [5.41, 5.74) is 1.56. The highest BCUT2D eigenvalue weighted by molar-refractivity contribution is 6.31. The lowest BCUT2D eigenvalue weighted by molar-refractivity contribution is -0.125. The normalized spacial score (nSPS) is 14.1. The van der Waals surface area contributed by atoms with E-state index in [0.29, 0.717) is 23.0 Å². The Kier molecular flexibility index (Phi) is 7.76. The number of hydrogen-bond acceptors (Lipinski definition) is 5. The van der Waals surface area contributed by atoms with E-state index in [4.69, 9.17) is 21.1 Å². The molecule has 0 spiro atoms. The molecule has 1 aliphatic rings. The fraction of sp³-hybridized carbons (Fsp3) is 0.391. The van der Waals surface area contributed by atoms with Crippen molar-refractivity contribution in [2.45, 2.75) is 19.9 Å². The Balaban J connectivity index is 1.73. The van der Waals surface area contributed by atoms with Crippen molar-refractivity contribution in [1.29, 1.82) is 0 Å². The quantitative estimate of drug-likeness (QED) is 0.641. The summed E-state index contributed by atoms with van der Waals surface area (Å²) in [4.78, 5) is 28.9. The molecule has 166 valence electrons. The molecule has 0 fully saturated rings. The van der Waals surface area contributed by atoms with Gasteiger partial charge in [-0.25, -0.2) is 0 Å². The number of likely N-dealkylation sites (N-methyl/N-ethyl adjacent to an activating group) is 1. The lowest BCUT2D eigenvalue weighted by Gasteiger charge is -2.31. The number of amides is 2. The molecule has 31 heavy (non-hydrogen) atoms. The first-order valence-electron chi connectivity index (χ1n) is 10.3. The van der Waals surface area contributed by atoms with Crippen LogP contribution in [-0.2, 0) is 9.59 Å². The van der Waals surface area contributed by atoms with Crippen molar-refractivity contribution in [3.05, 3.63) is 53.1 Å². The Morgan fingerprint density at radius 3 is 2.74 bits per heavy atom. The van der Waals surface area contributed by atoms with E-state index in [9.17, 15) is 9.59 Å². The van der Waals surface area contributed by atoms with Gasteiger partial charge in [0.15, 0.2) is 6.61 Å². The van der Waals surface area contributed by atoms with Crippen LogP contribution in [0.2, 0.25) is 5.02 Å². The third-order valence-electron chi connectivity index (χ3n) is 5.39. The van der Waals surface area contributed by atoms with Crippen molar-refractivity contribution in [1.82, 2.24) is 10.2 Å². The second-order valence-electron chi connectivity index (χ2n) is 7.20. The number of fused-ring (bicyclic) bond motifs is 1. The van der Waals surface area contributed by atoms with Crippen molar-refractivity contribution in [2.75, 3.05) is 44.8 Å². The molecular formula is C23H28ClN3O4. The maximum Gasteiger partial charge on any atom is 0.265 e. The van der Waals surface area contributed by atoms with Crippen LogP contribution in [0.15, 0.2) is 42.5 Å². The Hall–Kier alpha value is -2.77. The topological polar surface area (TPSA) is 71.1 Å². The van der Waals surface area contributed by atoms with Gasteiger partial charge in [0.05, 0.1) is 18.8 Å². The summed E-state index contributed by atoms with van der Waals surface area (Å²) in [7, 11) is 1.64. The van der Waals surface area contributed by atoms with Gasteiger partial charge in [0.1, 0.15) is 18.0 Å². The van der Waals surface area contributed by atoms with Gasteiger partial charge in [0, 0.05) is 11.6 Å². The summed E-state index contributed by atoms with van der Waals surface area (Å²) in [5.74, 6) is 0.779. The molecule has 8 heteroatoms. The van der Waals surface area contributed by atoms with Gasteiger partial charge in [0.25, 0.3) is 5.91 Å². The molecule has 0 aliphatic carbocycles. The van der Waals surface area contributed by atoms with E-state index in [1.165, 1.54) is 4.90 Å². The van der Waals surface area contributed by atoms with Crippen LogP contribution in [0.25, 0.3) is 0 Å². The SMILES string of the molecule is CCN(CC)C(CNC(=O)CN1C(=O)COc2ccc(Cl)cc21)c1cccc(OC)c1. The molecule has 0 radical (unpaired) electrons. The molecule has 2 amide bonds. The van der Waals surface area contributed by atoms with Gasteiger partial charge >= 0.3 is 0 Å². The average molecular weight is 446 g/mol. The van der Waals surface area contributed by atoms with Crippen molar-refractivity contribution in [3.8, 4) is 11.5 Å². The highest BCUT2D eigenvalue weighted by atomic mass is 35.5. The maximum absolute atomic E-state index is 12.8. The monoisotopic (exact) mass is 445 g/mol. The third kappa shape index (κ3) is 5.48. The highest BCUT2D eigenvalue weighted by Gasteiger charge is 2.28. The number of anilines is 1. The minimum atomic E-state index is -0.280. The molecule has 2 aromatic carbocycles. The molecular weight excluding hydrogens is 418 g/mol. The maximum atomic E-state index is 12.8. The standard InChI is InChI=1S/C23H28ClN3O4/c1-4-26(5-2)20(16-7-6-8-18(11-16)30-3)13-25-22(28)14-27-19-12-17(24)9-10-21(19)31-15-23(27)29/h6-12,20H,4-5,13-15H2,1-3H3,(H,25,28). The van der Waals surface area contributed by atoms with Crippen LogP contribution in [-0.4, -0.2) is 56.6 Å². The number of carbonyl (C=O) groups is 2. The molecule has 2 aromatic rings. The summed E-state index contributed by atoms with van der Waals surface area (Å²) in [6.45, 7) is 6.06. The van der Waals surface area contributed by atoms with E-state index in [1.807, 2.05) is 24.3 Å². The van der Waals surface area contributed by atoms with E-state index in [-0.39, 0.29) is 31.0 Å². The molecule has 0 aromatic heterocycles. The number of ether oxygens (including phenoxy) is 2. The molecule has 0 bridgehead atoms. The first kappa shape index (κ1) is 22.9. The Morgan fingerprint density at radius 2 is 2.03 bits per heavy atom. The number of carbonyl (C=O) groups excluding carboxylic acids is 2. The number of nitrogens with one attached hydrogen (secondary N) is 1. The van der Waals surface area contributed by atoms with E-state index in [0.717, 1.165) is 24.4 Å². The molecule has 1 heterocycles. The van der Waals surface area contributed by atoms with Gasteiger partial charge in [0.2, 0.25) is 5.91 Å². The van der Waals surface area contributed by atoms with Crippen molar-refractivity contribution >= 4 is 29.1 Å². The summed E-state index contributed by atoms with van der Waals surface area (Å²) in [6, 6.07) is 12.9. The second kappa shape index (κ2) is 10.5. The fourth-order valence-electron chi connectivity index (χ4n) is 3.73. The van der Waals surface area contributed by atoms with Crippen molar-refractivity contribution in [3.63, 3.8) is 0 Å². The molecule has 1 atom stereocenters. The number of benzene rings is 2. The average Bonchev–Trinajstić information content (AvgIpc) is 2.78. The zero-order valence-electron chi connectivity index (χ0n) is 18.1. The summed E-state index contributed by atoms with van der Waals surface area (Å²) in [6.07, 6.45) is 0. The highest BCUT2D eigenvalue weighted by Crippen LogP contribution is 2.34. The van der Waals surface area contributed by atoms with Crippen LogP contribution in [0.1, 0.15) is 25.5 Å². The molecule has 1 N–H and O–H groups in total. The number of halogens is 1. The summed E-state index contributed by atoms with van der Waals surface area (Å²) >= 11 is 6.08. The van der Waals surface area contributed by atoms with E-state index in [2.05, 4.69) is 24.1 Å². The Labute approximate surface area is 187 Å². The predicted molar refractivity (Wildman–Crippen MR) is 121 cm³/mol. The molecule has 1 unspecified atom stereocenters. The van der Waals surface area contributed by atoms with Gasteiger partial charge in [-0.3, -0.25) is 19.4 Å². The van der Waals surface area contributed by atoms with Gasteiger partial charge < -0.3 is 14.8 Å². The number of methoxy groups -OCH3 is 1. The lowest BCUT2D eigenvalue weighted by Crippen LogP contribution is -2.46. The predicted octanol–water partition coefficient (Wildman–Crippen LogP) is 3.27. The molecule has 0 saturated carbocycles. The molecule has 1 aliphatic heterocycles. The summed E-state index contributed by atoms with van der Waals surface area (Å²) < 4.78 is 10.8. The number of hydrogen-bond donors (Lipinski definition) is 1. The largest absolute Gasteiger partial charge is 0.497 e. The first-order chi connectivity index (χ1) is 15.0. The number of nitrogens with zero attached hydrogens (tertiary/aromatic N) is 2. The van der Waals surface area contributed by atoms with Crippen LogP contribution in [0.4, 0.5) is 5.69 Å². The van der Waals surface area contributed by atoms with Crippen LogP contribution in [0.5, 0.6) is 11.5 Å². The zero-order valence-corrected chi connectivity index (χ0v) is 18.8. The Morgan fingerprint density at radius 1 is 1.26 bits per heavy atom. The minimum absolute atomic E-state index is 0.0174. The van der Waals surface area contributed by atoms with Gasteiger partial charge in [-0.2, -0.15) is 0 Å². The molecule has 0 saturated heterocycles. The van der Waals surface area contributed by atoms with Gasteiger partial charge in [-0.1, -0.05) is 37.6 Å². The van der Waals surface area contributed by atoms with Gasteiger partial charge in [-0.05, 0) is 49.0 Å². The lowest BCUT2D eigenvalue weighted by atomic mass is 10.0. The minimum Gasteiger partial charge on any atom is -0.497 e. The Bertz CT molecular complexity index is 933. The van der Waals surface area contributed by atoms with E-state index >= 15 is 0 Å². The second-order valence-corrected chi connectivity index (χ2v) is 7.63. The van der Waals surface area contributed by atoms with E-state index in [1.54, 1.807) is 25.3 Å². The van der Waals surface area contributed by atoms with Crippen molar-refractivity contribution in [2.24, 2.45) is 0 Å². The molecule has 3 rings (SSSR count). The molecule has 7 nitrogen and oxygen atoms in total. The van der Waals surface area contributed by atoms with Crippen molar-refractivity contribution < 1.29 is 19.1 Å². The first-order valence-corrected chi connectivity index (χ1v) is 10.7. The van der Waals surface area contributed by atoms with E-state index < -0.39 is 0 Å². The zero-order chi connectivity index (χ0) is 22.4. The summed E-state index contributed by atoms with van der Waals surface area (Å²) in [5, 5.41) is 3.47. The van der Waals surface area contributed by atoms with Crippen LogP contribution in [0.3, 0.4) is 0 Å². The van der Waals surface area contributed by atoms with Crippen LogP contribution in [0, 0.1) is 0 Å². The van der Waals surface area contributed by atoms with Crippen LogP contribution >= 0.6 is 11.6 Å². The third-order valence-corrected chi connectivity index (χ3v) is 5.63. The number of rotatable bonds is 9.